The Morgan fingerprint density at radius 1 is 0.875 bits per heavy atom. The number of benzene rings is 3. The Morgan fingerprint density at radius 2 is 1.47 bits per heavy atom. The van der Waals surface area contributed by atoms with E-state index in [1.807, 2.05) is 84.9 Å². The summed E-state index contributed by atoms with van der Waals surface area (Å²) in [5.74, 6) is 1.05. The molecule has 0 fully saturated rings. The average Bonchev–Trinajstić information content (AvgIpc) is 3.33. The van der Waals surface area contributed by atoms with Gasteiger partial charge in [0.15, 0.2) is 17.5 Å². The second kappa shape index (κ2) is 8.03. The van der Waals surface area contributed by atoms with Gasteiger partial charge >= 0.3 is 0 Å². The van der Waals surface area contributed by atoms with Crippen LogP contribution in [-0.2, 0) is 5.54 Å². The summed E-state index contributed by atoms with van der Waals surface area (Å²) in [5.41, 5.74) is 2.31. The van der Waals surface area contributed by atoms with Crippen LogP contribution < -0.4 is 15.6 Å². The van der Waals surface area contributed by atoms with E-state index in [2.05, 4.69) is 31.6 Å². The Labute approximate surface area is 184 Å². The quantitative estimate of drug-likeness (QED) is 0.361. The number of hydrogen-bond donors (Lipinski definition) is 3. The van der Waals surface area contributed by atoms with Crippen molar-refractivity contribution in [2.75, 3.05) is 12.4 Å². The Kier molecular flexibility index (Phi) is 4.91. The van der Waals surface area contributed by atoms with Crippen molar-refractivity contribution >= 4 is 17.1 Å². The number of nitrogens with one attached hydrogen (secondary N) is 3. The van der Waals surface area contributed by atoms with Crippen LogP contribution in [0.3, 0.4) is 0 Å². The van der Waals surface area contributed by atoms with Gasteiger partial charge in [0.2, 0.25) is 5.95 Å². The molecule has 7 nitrogen and oxygen atoms in total. The monoisotopic (exact) mass is 422 g/mol. The van der Waals surface area contributed by atoms with Crippen LogP contribution in [0.1, 0.15) is 16.7 Å². The summed E-state index contributed by atoms with van der Waals surface area (Å²) in [5, 5.41) is 3.53. The molecule has 0 saturated heterocycles. The molecule has 2 heterocycles. The van der Waals surface area contributed by atoms with Crippen molar-refractivity contribution in [2.24, 2.45) is 0 Å². The molecule has 0 bridgehead atoms. The number of ether oxygens (including phenoxy) is 1. The number of nitrogens with zero attached hydrogens (tertiary/aromatic N) is 2. The molecule has 0 atom stereocenters. The van der Waals surface area contributed by atoms with Gasteiger partial charge in [0.05, 0.1) is 7.11 Å². The van der Waals surface area contributed by atoms with E-state index >= 15 is 0 Å². The van der Waals surface area contributed by atoms with Gasteiger partial charge in [-0.2, -0.15) is 4.98 Å². The van der Waals surface area contributed by atoms with Crippen molar-refractivity contribution in [3.8, 4) is 5.75 Å². The second-order valence-electron chi connectivity index (χ2n) is 7.30. The van der Waals surface area contributed by atoms with E-state index in [1.54, 1.807) is 7.11 Å². The predicted octanol–water partition coefficient (Wildman–Crippen LogP) is 3.86. The first kappa shape index (κ1) is 19.6. The van der Waals surface area contributed by atoms with Gasteiger partial charge in [-0.1, -0.05) is 72.8 Å². The highest BCUT2D eigenvalue weighted by atomic mass is 16.5. The second-order valence-corrected chi connectivity index (χ2v) is 7.30. The maximum Gasteiger partial charge on any atom is 0.278 e. The average molecular weight is 422 g/mol. The van der Waals surface area contributed by atoms with Crippen molar-refractivity contribution in [3.63, 3.8) is 0 Å². The summed E-state index contributed by atoms with van der Waals surface area (Å²) in [6, 6.07) is 27.9. The van der Waals surface area contributed by atoms with Gasteiger partial charge in [0.1, 0.15) is 11.3 Å². The molecule has 0 unspecified atom stereocenters. The largest absolute Gasteiger partial charge is 0.497 e. The van der Waals surface area contributed by atoms with Crippen molar-refractivity contribution in [1.29, 1.82) is 0 Å². The van der Waals surface area contributed by atoms with E-state index in [1.165, 1.54) is 0 Å². The molecule has 5 aromatic rings. The summed E-state index contributed by atoms with van der Waals surface area (Å²) in [7, 11) is 1.64. The summed E-state index contributed by atoms with van der Waals surface area (Å²) >= 11 is 0. The topological polar surface area (TPSA) is 95.7 Å². The van der Waals surface area contributed by atoms with Crippen LogP contribution in [0.5, 0.6) is 5.75 Å². The summed E-state index contributed by atoms with van der Waals surface area (Å²) in [6.07, 6.45) is 2.58. The predicted molar refractivity (Wildman–Crippen MR) is 123 cm³/mol. The minimum atomic E-state index is -0.849. The van der Waals surface area contributed by atoms with Crippen molar-refractivity contribution in [2.45, 2.75) is 5.54 Å². The molecule has 157 valence electrons. The molecule has 3 aromatic carbocycles. The van der Waals surface area contributed by atoms with Crippen LogP contribution in [0.2, 0.25) is 0 Å². The van der Waals surface area contributed by atoms with Crippen molar-refractivity contribution in [1.82, 2.24) is 19.9 Å². The van der Waals surface area contributed by atoms with E-state index in [-0.39, 0.29) is 11.1 Å². The Balaban J connectivity index is 1.78. The molecule has 1 radical (unpaired) electrons. The fourth-order valence-electron chi connectivity index (χ4n) is 3.96. The van der Waals surface area contributed by atoms with Gasteiger partial charge in [-0.05, 0) is 28.8 Å². The molecule has 5 rings (SSSR count). The molecule has 0 saturated carbocycles. The maximum atomic E-state index is 12.6. The lowest BCUT2D eigenvalue weighted by molar-refractivity contribution is 0.414. The number of anilines is 1. The van der Waals surface area contributed by atoms with Crippen LogP contribution in [0, 0.1) is 6.33 Å². The first-order valence-electron chi connectivity index (χ1n) is 10.1. The molecule has 3 N–H and O–H groups in total. The minimum absolute atomic E-state index is 0.282. The third-order valence-electron chi connectivity index (χ3n) is 5.49. The third kappa shape index (κ3) is 3.30. The number of H-pyrrole nitrogens is 2. The van der Waals surface area contributed by atoms with Crippen molar-refractivity contribution in [3.05, 3.63) is 118 Å². The fraction of sp³-hybridized carbons (Fsp3) is 0.0800. The highest BCUT2D eigenvalue weighted by Gasteiger charge is 2.37. The first-order chi connectivity index (χ1) is 15.7. The molecule has 0 aliphatic carbocycles. The van der Waals surface area contributed by atoms with Crippen LogP contribution in [0.15, 0.2) is 89.7 Å². The first-order valence-corrected chi connectivity index (χ1v) is 10.1. The van der Waals surface area contributed by atoms with E-state index in [4.69, 9.17) is 4.74 Å². The molecular weight excluding hydrogens is 402 g/mol. The van der Waals surface area contributed by atoms with E-state index in [0.29, 0.717) is 11.6 Å². The van der Waals surface area contributed by atoms with E-state index < -0.39 is 5.54 Å². The van der Waals surface area contributed by atoms with Gasteiger partial charge < -0.3 is 15.0 Å². The standard InChI is InChI=1S/C25H20N5O2/c1-32-20-14-12-19(13-15-20)25(17-8-4-2-5-9-17,18-10-6-3-7-11-18)30-24-28-22-21(23(31)29-24)26-16-27-22/h2-15H,1H3,(H3,26,27,28,29,30,31). The summed E-state index contributed by atoms with van der Waals surface area (Å²) in [4.78, 5) is 26.7. The maximum absolute atomic E-state index is 12.6. The Hall–Kier alpha value is -4.39. The molecular formula is C25H20N5O2. The lowest BCUT2D eigenvalue weighted by Crippen LogP contribution is -2.39. The highest BCUT2D eigenvalue weighted by Crippen LogP contribution is 2.39. The van der Waals surface area contributed by atoms with Gasteiger partial charge in [0.25, 0.3) is 5.56 Å². The minimum Gasteiger partial charge on any atom is -0.497 e. The van der Waals surface area contributed by atoms with Gasteiger partial charge in [0, 0.05) is 0 Å². The van der Waals surface area contributed by atoms with E-state index in [0.717, 1.165) is 22.4 Å². The molecule has 0 spiro atoms. The number of hydrogen-bond acceptors (Lipinski definition) is 5. The lowest BCUT2D eigenvalue weighted by Gasteiger charge is -2.37. The number of fused-ring (bicyclic) bond motifs is 1. The van der Waals surface area contributed by atoms with Crippen LogP contribution in [-0.4, -0.2) is 27.0 Å². The highest BCUT2D eigenvalue weighted by molar-refractivity contribution is 5.70. The zero-order valence-electron chi connectivity index (χ0n) is 17.3. The van der Waals surface area contributed by atoms with Crippen LogP contribution in [0.25, 0.3) is 11.2 Å². The lowest BCUT2D eigenvalue weighted by atomic mass is 9.77. The van der Waals surface area contributed by atoms with Crippen molar-refractivity contribution < 1.29 is 4.74 Å². The molecule has 0 aliphatic rings. The number of aromatic nitrogens is 4. The Bertz CT molecular complexity index is 1350. The fourth-order valence-corrected chi connectivity index (χ4v) is 3.96. The van der Waals surface area contributed by atoms with Gasteiger partial charge in [-0.25, -0.2) is 4.98 Å². The van der Waals surface area contributed by atoms with Gasteiger partial charge in [-0.3, -0.25) is 9.78 Å². The SMILES string of the molecule is COc1ccc(C(Nc2nc3n[c][nH]c3c(=O)[nH]2)(c2ccccc2)c2ccccc2)cc1. The molecule has 0 aliphatic heterocycles. The zero-order chi connectivity index (χ0) is 22.0. The molecule has 2 aromatic heterocycles. The summed E-state index contributed by atoms with van der Waals surface area (Å²) in [6.45, 7) is 0. The number of imidazole rings is 1. The zero-order valence-corrected chi connectivity index (χ0v) is 17.3. The smallest absolute Gasteiger partial charge is 0.278 e. The van der Waals surface area contributed by atoms with Gasteiger partial charge in [-0.15, -0.1) is 0 Å². The van der Waals surface area contributed by atoms with Crippen LogP contribution in [0.4, 0.5) is 5.95 Å². The van der Waals surface area contributed by atoms with Crippen LogP contribution >= 0.6 is 0 Å². The number of rotatable bonds is 6. The number of aromatic amines is 2. The molecule has 7 heteroatoms. The summed E-state index contributed by atoms with van der Waals surface area (Å²) < 4.78 is 5.37. The molecule has 0 amide bonds. The normalized spacial score (nSPS) is 11.4. The molecule has 32 heavy (non-hydrogen) atoms. The third-order valence-corrected chi connectivity index (χ3v) is 5.49. The van der Waals surface area contributed by atoms with E-state index in [9.17, 15) is 4.79 Å². The Morgan fingerprint density at radius 3 is 2.06 bits per heavy atom. The number of methoxy groups -OCH3 is 1.